The molecule has 2 rings (SSSR count). The molecule has 6 heteroatoms. The number of carbonyl (C=O) groups excluding carboxylic acids is 2. The number of carbonyl (C=O) groups is 2. The van der Waals surface area contributed by atoms with Crippen LogP contribution in [0.5, 0.6) is 5.75 Å². The first-order valence-corrected chi connectivity index (χ1v) is 6.85. The highest BCUT2D eigenvalue weighted by Crippen LogP contribution is 2.26. The van der Waals surface area contributed by atoms with E-state index in [1.165, 1.54) is 19.1 Å². The Morgan fingerprint density at radius 2 is 1.74 bits per heavy atom. The maximum absolute atomic E-state index is 14.1. The molecule has 0 aliphatic carbocycles. The third-order valence-corrected chi connectivity index (χ3v) is 3.24. The highest BCUT2D eigenvalue weighted by molar-refractivity contribution is 6.11. The fourth-order valence-electron chi connectivity index (χ4n) is 2.03. The first-order valence-electron chi connectivity index (χ1n) is 6.85. The minimum absolute atomic E-state index is 0.0878. The van der Waals surface area contributed by atoms with Gasteiger partial charge in [0.1, 0.15) is 22.9 Å². The van der Waals surface area contributed by atoms with Gasteiger partial charge in [0.15, 0.2) is 5.78 Å². The van der Waals surface area contributed by atoms with E-state index < -0.39 is 34.7 Å². The minimum atomic E-state index is -1.08. The van der Waals surface area contributed by atoms with Crippen molar-refractivity contribution < 1.29 is 28.2 Å². The molecule has 0 radical (unpaired) electrons. The molecule has 0 atom stereocenters. The molecular weight excluding hydrogens is 306 g/mol. The van der Waals surface area contributed by atoms with Gasteiger partial charge in [-0.25, -0.2) is 13.6 Å². The summed E-state index contributed by atoms with van der Waals surface area (Å²) >= 11 is 0. The van der Waals surface area contributed by atoms with E-state index in [2.05, 4.69) is 0 Å². The van der Waals surface area contributed by atoms with Crippen LogP contribution in [-0.2, 0) is 4.74 Å². The first kappa shape index (κ1) is 16.6. The Bertz CT molecular complexity index is 761. The molecule has 0 spiro atoms. The third-order valence-electron chi connectivity index (χ3n) is 3.24. The van der Waals surface area contributed by atoms with Crippen molar-refractivity contribution in [1.82, 2.24) is 0 Å². The maximum Gasteiger partial charge on any atom is 0.338 e. The SMILES string of the molecule is CCOC(=O)c1cc(O)c(C(=O)c2ccc(C)c(F)c2)c(F)c1. The molecule has 0 aromatic heterocycles. The maximum atomic E-state index is 14.1. The van der Waals surface area contributed by atoms with E-state index in [1.54, 1.807) is 6.92 Å². The average molecular weight is 320 g/mol. The van der Waals surface area contributed by atoms with Gasteiger partial charge in [-0.15, -0.1) is 0 Å². The zero-order valence-corrected chi connectivity index (χ0v) is 12.5. The normalized spacial score (nSPS) is 10.4. The summed E-state index contributed by atoms with van der Waals surface area (Å²) < 4.78 is 32.4. The lowest BCUT2D eigenvalue weighted by Gasteiger charge is -2.09. The van der Waals surface area contributed by atoms with E-state index in [0.29, 0.717) is 5.56 Å². The topological polar surface area (TPSA) is 63.6 Å². The van der Waals surface area contributed by atoms with Crippen molar-refractivity contribution in [2.75, 3.05) is 6.61 Å². The van der Waals surface area contributed by atoms with Gasteiger partial charge in [0, 0.05) is 5.56 Å². The predicted octanol–water partition coefficient (Wildman–Crippen LogP) is 3.39. The molecule has 23 heavy (non-hydrogen) atoms. The van der Waals surface area contributed by atoms with Crippen LogP contribution in [0.3, 0.4) is 0 Å². The number of halogens is 2. The van der Waals surface area contributed by atoms with Crippen LogP contribution in [0, 0.1) is 18.6 Å². The number of hydrogen-bond donors (Lipinski definition) is 1. The van der Waals surface area contributed by atoms with Crippen LogP contribution < -0.4 is 0 Å². The number of esters is 1. The monoisotopic (exact) mass is 320 g/mol. The quantitative estimate of drug-likeness (QED) is 0.693. The summed E-state index contributed by atoms with van der Waals surface area (Å²) in [5.41, 5.74) is -0.607. The lowest BCUT2D eigenvalue weighted by molar-refractivity contribution is 0.0525. The molecule has 0 aliphatic heterocycles. The van der Waals surface area contributed by atoms with Gasteiger partial charge in [-0.05, 0) is 37.6 Å². The number of benzene rings is 2. The van der Waals surface area contributed by atoms with Gasteiger partial charge in [-0.3, -0.25) is 4.79 Å². The summed E-state index contributed by atoms with van der Waals surface area (Å²) in [5.74, 6) is -4.10. The Balaban J connectivity index is 2.45. The van der Waals surface area contributed by atoms with Crippen LogP contribution >= 0.6 is 0 Å². The van der Waals surface area contributed by atoms with Crippen molar-refractivity contribution in [3.63, 3.8) is 0 Å². The molecular formula is C17H14F2O4. The lowest BCUT2D eigenvalue weighted by atomic mass is 9.99. The molecule has 0 unspecified atom stereocenters. The lowest BCUT2D eigenvalue weighted by Crippen LogP contribution is -2.10. The van der Waals surface area contributed by atoms with Crippen LogP contribution in [0.2, 0.25) is 0 Å². The van der Waals surface area contributed by atoms with E-state index in [-0.39, 0.29) is 17.7 Å². The van der Waals surface area contributed by atoms with Gasteiger partial charge in [0.25, 0.3) is 0 Å². The molecule has 0 fully saturated rings. The molecule has 0 amide bonds. The largest absolute Gasteiger partial charge is 0.507 e. The van der Waals surface area contributed by atoms with Gasteiger partial charge in [-0.2, -0.15) is 0 Å². The van der Waals surface area contributed by atoms with Crippen molar-refractivity contribution in [2.24, 2.45) is 0 Å². The number of aryl methyl sites for hydroxylation is 1. The van der Waals surface area contributed by atoms with Gasteiger partial charge in [0.05, 0.1) is 12.2 Å². The molecule has 0 bridgehead atoms. The summed E-state index contributed by atoms with van der Waals surface area (Å²) in [6.07, 6.45) is 0. The molecule has 0 saturated carbocycles. The number of aromatic hydroxyl groups is 1. The molecule has 4 nitrogen and oxygen atoms in total. The molecule has 2 aromatic rings. The summed E-state index contributed by atoms with van der Waals surface area (Å²) in [6.45, 7) is 3.19. The third kappa shape index (κ3) is 3.36. The van der Waals surface area contributed by atoms with Gasteiger partial charge >= 0.3 is 5.97 Å². The van der Waals surface area contributed by atoms with Crippen molar-refractivity contribution >= 4 is 11.8 Å². The zero-order chi connectivity index (χ0) is 17.1. The number of ketones is 1. The zero-order valence-electron chi connectivity index (χ0n) is 12.5. The highest BCUT2D eigenvalue weighted by Gasteiger charge is 2.22. The molecule has 0 heterocycles. The highest BCUT2D eigenvalue weighted by atomic mass is 19.1. The second-order valence-electron chi connectivity index (χ2n) is 4.87. The summed E-state index contributed by atoms with van der Waals surface area (Å²) in [4.78, 5) is 23.8. The van der Waals surface area contributed by atoms with Crippen LogP contribution in [0.4, 0.5) is 8.78 Å². The summed E-state index contributed by atoms with van der Waals surface area (Å²) in [7, 11) is 0. The van der Waals surface area contributed by atoms with E-state index >= 15 is 0 Å². The van der Waals surface area contributed by atoms with Crippen molar-refractivity contribution in [2.45, 2.75) is 13.8 Å². The number of hydrogen-bond acceptors (Lipinski definition) is 4. The van der Waals surface area contributed by atoms with Crippen LogP contribution in [0.15, 0.2) is 30.3 Å². The first-order chi connectivity index (χ1) is 10.8. The molecule has 1 N–H and O–H groups in total. The van der Waals surface area contributed by atoms with Gasteiger partial charge in [0.2, 0.25) is 0 Å². The van der Waals surface area contributed by atoms with Crippen molar-refractivity contribution in [3.05, 3.63) is 64.2 Å². The van der Waals surface area contributed by atoms with Crippen LogP contribution in [-0.4, -0.2) is 23.5 Å². The van der Waals surface area contributed by atoms with E-state index in [1.807, 2.05) is 0 Å². The summed E-state index contributed by atoms with van der Waals surface area (Å²) in [6, 6.07) is 5.42. The smallest absolute Gasteiger partial charge is 0.338 e. The number of rotatable bonds is 4. The molecule has 0 aliphatic rings. The fourth-order valence-corrected chi connectivity index (χ4v) is 2.03. The van der Waals surface area contributed by atoms with E-state index in [9.17, 15) is 23.5 Å². The second kappa shape index (κ2) is 6.56. The molecule has 2 aromatic carbocycles. The predicted molar refractivity (Wildman–Crippen MR) is 78.6 cm³/mol. The van der Waals surface area contributed by atoms with E-state index in [4.69, 9.17) is 4.74 Å². The van der Waals surface area contributed by atoms with Crippen LogP contribution in [0.1, 0.15) is 38.8 Å². The van der Waals surface area contributed by atoms with Gasteiger partial charge < -0.3 is 9.84 Å². The Morgan fingerprint density at radius 1 is 1.09 bits per heavy atom. The Kier molecular flexibility index (Phi) is 4.74. The number of ether oxygens (including phenoxy) is 1. The Hall–Kier alpha value is -2.76. The second-order valence-corrected chi connectivity index (χ2v) is 4.87. The Labute approximate surface area is 131 Å². The Morgan fingerprint density at radius 3 is 2.30 bits per heavy atom. The average Bonchev–Trinajstić information content (AvgIpc) is 2.49. The van der Waals surface area contributed by atoms with Crippen molar-refractivity contribution in [1.29, 1.82) is 0 Å². The fraction of sp³-hybridized carbons (Fsp3) is 0.176. The number of phenols is 1. The van der Waals surface area contributed by atoms with E-state index in [0.717, 1.165) is 18.2 Å². The standard InChI is InChI=1S/C17H14F2O4/c1-3-23-17(22)11-7-13(19)15(14(20)8-11)16(21)10-5-4-9(2)12(18)6-10/h4-8,20H,3H2,1-2H3. The number of phenolic OH excluding ortho intramolecular Hbond substituents is 1. The molecule has 0 saturated heterocycles. The minimum Gasteiger partial charge on any atom is -0.507 e. The van der Waals surface area contributed by atoms with Gasteiger partial charge in [-0.1, -0.05) is 12.1 Å². The van der Waals surface area contributed by atoms with Crippen molar-refractivity contribution in [3.8, 4) is 5.75 Å². The van der Waals surface area contributed by atoms with Crippen LogP contribution in [0.25, 0.3) is 0 Å². The molecule has 120 valence electrons. The summed E-state index contributed by atoms with van der Waals surface area (Å²) in [5, 5.41) is 9.88.